The van der Waals surface area contributed by atoms with Gasteiger partial charge < -0.3 is 4.74 Å². The highest BCUT2D eigenvalue weighted by Crippen LogP contribution is 2.26. The number of ether oxygens (including phenoxy) is 1. The molecule has 1 aliphatic rings. The number of allylic oxidation sites excluding steroid dienone is 1. The molecule has 0 spiro atoms. The van der Waals surface area contributed by atoms with E-state index < -0.39 is 0 Å². The Morgan fingerprint density at radius 3 is 3.00 bits per heavy atom. The molecule has 1 nitrogen and oxygen atoms in total. The lowest BCUT2D eigenvalue weighted by Crippen LogP contribution is -2.03. The van der Waals surface area contributed by atoms with E-state index in [-0.39, 0.29) is 6.10 Å². The Morgan fingerprint density at radius 2 is 2.31 bits per heavy atom. The second kappa shape index (κ2) is 3.65. The van der Waals surface area contributed by atoms with Crippen LogP contribution in [-0.2, 0) is 4.74 Å². The monoisotopic (exact) mass is 174 g/mol. The summed E-state index contributed by atoms with van der Waals surface area (Å²) in [5.41, 5.74) is 2.60. The van der Waals surface area contributed by atoms with Gasteiger partial charge in [-0.25, -0.2) is 0 Å². The molecule has 1 heteroatoms. The summed E-state index contributed by atoms with van der Waals surface area (Å²) >= 11 is 0. The zero-order chi connectivity index (χ0) is 9.10. The molecule has 13 heavy (non-hydrogen) atoms. The summed E-state index contributed by atoms with van der Waals surface area (Å²) in [6.07, 6.45) is 6.38. The normalized spacial score (nSPS) is 21.2. The van der Waals surface area contributed by atoms with Gasteiger partial charge in [0.15, 0.2) is 0 Å². The molecule has 1 atom stereocenters. The Hall–Kier alpha value is -1.24. The highest BCUT2D eigenvalue weighted by Gasteiger charge is 2.12. The maximum atomic E-state index is 5.54. The molecule has 2 rings (SSSR count). The summed E-state index contributed by atoms with van der Waals surface area (Å²) in [6.45, 7) is 2.11. The average Bonchev–Trinajstić information content (AvgIpc) is 2.19. The van der Waals surface area contributed by atoms with Crippen molar-refractivity contribution >= 4 is 0 Å². The molecule has 1 aromatic rings. The van der Waals surface area contributed by atoms with Crippen molar-refractivity contribution in [1.29, 1.82) is 0 Å². The number of hydrogen-bond donors (Lipinski definition) is 0. The third-order valence-electron chi connectivity index (χ3n) is 2.35. The summed E-state index contributed by atoms with van der Waals surface area (Å²) < 4.78 is 5.54. The first-order valence-electron chi connectivity index (χ1n) is 4.73. The minimum atomic E-state index is 0.268. The topological polar surface area (TPSA) is 9.23 Å². The molecule has 1 heterocycles. The molecule has 0 saturated carbocycles. The minimum absolute atomic E-state index is 0.268. The van der Waals surface area contributed by atoms with Crippen molar-refractivity contribution in [2.75, 3.05) is 0 Å². The van der Waals surface area contributed by atoms with Crippen LogP contribution in [0.4, 0.5) is 0 Å². The van der Waals surface area contributed by atoms with E-state index in [1.807, 2.05) is 6.26 Å². The maximum absolute atomic E-state index is 5.54. The van der Waals surface area contributed by atoms with Crippen molar-refractivity contribution < 1.29 is 4.74 Å². The molecule has 0 aliphatic carbocycles. The SMILES string of the molecule is Cc1cccc(C2CCC=CO2)c1. The van der Waals surface area contributed by atoms with Gasteiger partial charge in [0.2, 0.25) is 0 Å². The van der Waals surface area contributed by atoms with E-state index in [1.165, 1.54) is 11.1 Å². The van der Waals surface area contributed by atoms with E-state index in [0.29, 0.717) is 0 Å². The first kappa shape index (κ1) is 8.36. The molecule has 0 saturated heterocycles. The molecule has 1 unspecified atom stereocenters. The number of aryl methyl sites for hydroxylation is 1. The van der Waals surface area contributed by atoms with Gasteiger partial charge in [0.05, 0.1) is 6.26 Å². The largest absolute Gasteiger partial charge is 0.494 e. The van der Waals surface area contributed by atoms with Crippen LogP contribution in [0.2, 0.25) is 0 Å². The molecule has 68 valence electrons. The van der Waals surface area contributed by atoms with E-state index >= 15 is 0 Å². The van der Waals surface area contributed by atoms with Gasteiger partial charge in [0.1, 0.15) is 6.10 Å². The van der Waals surface area contributed by atoms with Crippen molar-refractivity contribution in [3.63, 3.8) is 0 Å². The molecule has 0 radical (unpaired) electrons. The van der Waals surface area contributed by atoms with Crippen LogP contribution in [0.3, 0.4) is 0 Å². The molecule has 0 N–H and O–H groups in total. The average molecular weight is 174 g/mol. The van der Waals surface area contributed by atoms with Crippen molar-refractivity contribution in [1.82, 2.24) is 0 Å². The van der Waals surface area contributed by atoms with Gasteiger partial charge in [0, 0.05) is 0 Å². The van der Waals surface area contributed by atoms with E-state index in [1.54, 1.807) is 0 Å². The first-order valence-corrected chi connectivity index (χ1v) is 4.73. The van der Waals surface area contributed by atoms with Gasteiger partial charge in [0.25, 0.3) is 0 Å². The van der Waals surface area contributed by atoms with E-state index in [2.05, 4.69) is 37.3 Å². The fraction of sp³-hybridized carbons (Fsp3) is 0.333. The third kappa shape index (κ3) is 1.92. The van der Waals surface area contributed by atoms with Crippen LogP contribution in [0.1, 0.15) is 30.1 Å². The number of rotatable bonds is 1. The zero-order valence-electron chi connectivity index (χ0n) is 7.86. The van der Waals surface area contributed by atoms with Crippen LogP contribution in [0, 0.1) is 6.92 Å². The van der Waals surface area contributed by atoms with Crippen LogP contribution < -0.4 is 0 Å². The number of hydrogen-bond acceptors (Lipinski definition) is 1. The van der Waals surface area contributed by atoms with E-state index in [4.69, 9.17) is 4.74 Å². The smallest absolute Gasteiger partial charge is 0.123 e. The molecule has 1 aromatic carbocycles. The van der Waals surface area contributed by atoms with Gasteiger partial charge in [-0.05, 0) is 31.4 Å². The second-order valence-electron chi connectivity index (χ2n) is 3.49. The molecule has 0 bridgehead atoms. The van der Waals surface area contributed by atoms with E-state index in [0.717, 1.165) is 12.8 Å². The lowest BCUT2D eigenvalue weighted by molar-refractivity contribution is 0.125. The van der Waals surface area contributed by atoms with Gasteiger partial charge in [-0.15, -0.1) is 0 Å². The van der Waals surface area contributed by atoms with Crippen LogP contribution in [0.15, 0.2) is 36.6 Å². The van der Waals surface area contributed by atoms with Crippen LogP contribution in [0.25, 0.3) is 0 Å². The van der Waals surface area contributed by atoms with Gasteiger partial charge in [-0.1, -0.05) is 29.8 Å². The Balaban J connectivity index is 2.20. The molecule has 0 amide bonds. The van der Waals surface area contributed by atoms with Crippen molar-refractivity contribution in [3.8, 4) is 0 Å². The Labute approximate surface area is 79.0 Å². The van der Waals surface area contributed by atoms with Crippen molar-refractivity contribution in [2.45, 2.75) is 25.9 Å². The fourth-order valence-corrected chi connectivity index (χ4v) is 1.65. The quantitative estimate of drug-likeness (QED) is 0.634. The molecular formula is C12H14O. The third-order valence-corrected chi connectivity index (χ3v) is 2.35. The Morgan fingerprint density at radius 1 is 1.38 bits per heavy atom. The fourth-order valence-electron chi connectivity index (χ4n) is 1.65. The molecule has 0 aromatic heterocycles. The van der Waals surface area contributed by atoms with E-state index in [9.17, 15) is 0 Å². The van der Waals surface area contributed by atoms with Gasteiger partial charge >= 0.3 is 0 Å². The van der Waals surface area contributed by atoms with Crippen LogP contribution >= 0.6 is 0 Å². The van der Waals surface area contributed by atoms with Gasteiger partial charge in [-0.2, -0.15) is 0 Å². The first-order chi connectivity index (χ1) is 6.36. The molecule has 0 fully saturated rings. The van der Waals surface area contributed by atoms with Crippen molar-refractivity contribution in [2.24, 2.45) is 0 Å². The summed E-state index contributed by atoms with van der Waals surface area (Å²) in [7, 11) is 0. The standard InChI is InChI=1S/C12H14O/c1-10-5-4-6-11(9-10)12-7-2-3-8-13-12/h3-6,8-9,12H,2,7H2,1H3. The lowest BCUT2D eigenvalue weighted by Gasteiger charge is -2.19. The highest BCUT2D eigenvalue weighted by molar-refractivity contribution is 5.24. The summed E-state index contributed by atoms with van der Waals surface area (Å²) in [5, 5.41) is 0. The predicted octanol–water partition coefficient (Wildman–Crippen LogP) is 3.36. The Bertz CT molecular complexity index is 315. The minimum Gasteiger partial charge on any atom is -0.494 e. The Kier molecular flexibility index (Phi) is 2.35. The zero-order valence-corrected chi connectivity index (χ0v) is 7.86. The summed E-state index contributed by atoms with van der Waals surface area (Å²) in [5.74, 6) is 0. The summed E-state index contributed by atoms with van der Waals surface area (Å²) in [6, 6.07) is 8.54. The van der Waals surface area contributed by atoms with Crippen molar-refractivity contribution in [3.05, 3.63) is 47.7 Å². The predicted molar refractivity (Wildman–Crippen MR) is 53.4 cm³/mol. The highest BCUT2D eigenvalue weighted by atomic mass is 16.5. The summed E-state index contributed by atoms with van der Waals surface area (Å²) in [4.78, 5) is 0. The number of benzene rings is 1. The molecule has 1 aliphatic heterocycles. The van der Waals surface area contributed by atoms with Crippen LogP contribution in [0.5, 0.6) is 0 Å². The van der Waals surface area contributed by atoms with Gasteiger partial charge in [-0.3, -0.25) is 0 Å². The molecular weight excluding hydrogens is 160 g/mol. The maximum Gasteiger partial charge on any atom is 0.123 e. The van der Waals surface area contributed by atoms with Crippen LogP contribution in [-0.4, -0.2) is 0 Å². The lowest BCUT2D eigenvalue weighted by atomic mass is 10.0. The second-order valence-corrected chi connectivity index (χ2v) is 3.49.